The molecule has 15 heavy (non-hydrogen) atoms. The molecule has 4 heteroatoms. The van der Waals surface area contributed by atoms with Crippen LogP contribution in [-0.2, 0) is 0 Å². The molecule has 1 aliphatic rings. The van der Waals surface area contributed by atoms with Crippen molar-refractivity contribution in [2.24, 2.45) is 0 Å². The number of rotatable bonds is 2. The van der Waals surface area contributed by atoms with Crippen molar-refractivity contribution < 1.29 is 4.79 Å². The number of thioether (sulfide) groups is 1. The fourth-order valence-electron chi connectivity index (χ4n) is 1.53. The molecule has 1 amide bonds. The van der Waals surface area contributed by atoms with Gasteiger partial charge in [-0.3, -0.25) is 4.79 Å². The van der Waals surface area contributed by atoms with Crippen LogP contribution in [0.5, 0.6) is 0 Å². The highest BCUT2D eigenvalue weighted by atomic mass is 32.2. The summed E-state index contributed by atoms with van der Waals surface area (Å²) in [6.07, 6.45) is 1.08. The zero-order valence-electron chi connectivity index (χ0n) is 8.27. The van der Waals surface area contributed by atoms with Gasteiger partial charge in [-0.2, -0.15) is 11.8 Å². The Kier molecular flexibility index (Phi) is 3.59. The molecule has 1 aromatic carbocycles. The summed E-state index contributed by atoms with van der Waals surface area (Å²) in [5, 5.41) is 3.03. The second kappa shape index (κ2) is 4.94. The Morgan fingerprint density at radius 2 is 2.13 bits per heavy atom. The maximum absolute atomic E-state index is 11.8. The van der Waals surface area contributed by atoms with Crippen LogP contribution in [0.2, 0.25) is 0 Å². The van der Waals surface area contributed by atoms with E-state index in [1.54, 1.807) is 12.1 Å². The molecule has 1 N–H and O–H groups in total. The highest BCUT2D eigenvalue weighted by molar-refractivity contribution is 7.99. The molecule has 2 rings (SSSR count). The number of carbonyl (C=O) groups is 1. The molecule has 0 aliphatic carbocycles. The van der Waals surface area contributed by atoms with Gasteiger partial charge < -0.3 is 5.32 Å². The molecule has 1 fully saturated rings. The smallest absolute Gasteiger partial charge is 0.251 e. The average Bonchev–Trinajstić information content (AvgIpc) is 2.71. The van der Waals surface area contributed by atoms with E-state index in [2.05, 4.69) is 17.9 Å². The van der Waals surface area contributed by atoms with Crippen molar-refractivity contribution in [1.29, 1.82) is 0 Å². The summed E-state index contributed by atoms with van der Waals surface area (Å²) in [7, 11) is 0. The Labute approximate surface area is 99.2 Å². The van der Waals surface area contributed by atoms with Crippen LogP contribution in [0.15, 0.2) is 29.2 Å². The summed E-state index contributed by atoms with van der Waals surface area (Å²) in [6, 6.07) is 7.63. The third kappa shape index (κ3) is 2.92. The van der Waals surface area contributed by atoms with Gasteiger partial charge in [-0.05, 0) is 36.4 Å². The molecule has 1 atom stereocenters. The van der Waals surface area contributed by atoms with Gasteiger partial charge in [0.05, 0.1) is 0 Å². The van der Waals surface area contributed by atoms with E-state index in [9.17, 15) is 4.79 Å². The monoisotopic (exact) mass is 239 g/mol. The summed E-state index contributed by atoms with van der Waals surface area (Å²) in [5.74, 6) is 2.22. The maximum atomic E-state index is 11.8. The van der Waals surface area contributed by atoms with Crippen molar-refractivity contribution in [3.63, 3.8) is 0 Å². The third-order valence-corrected chi connectivity index (χ3v) is 3.85. The van der Waals surface area contributed by atoms with Crippen LogP contribution in [0.3, 0.4) is 0 Å². The molecule has 0 bridgehead atoms. The quantitative estimate of drug-likeness (QED) is 0.775. The molecule has 80 valence electrons. The minimum atomic E-state index is 0.0239. The van der Waals surface area contributed by atoms with E-state index < -0.39 is 0 Å². The number of thiol groups is 1. The minimum Gasteiger partial charge on any atom is -0.348 e. The summed E-state index contributed by atoms with van der Waals surface area (Å²) in [6.45, 7) is 0. The van der Waals surface area contributed by atoms with Crippen molar-refractivity contribution in [2.75, 3.05) is 11.5 Å². The van der Waals surface area contributed by atoms with Crippen LogP contribution in [0.4, 0.5) is 0 Å². The van der Waals surface area contributed by atoms with Gasteiger partial charge in [0.1, 0.15) is 0 Å². The normalized spacial score (nSPS) is 20.2. The van der Waals surface area contributed by atoms with Crippen molar-refractivity contribution in [3.8, 4) is 0 Å². The maximum Gasteiger partial charge on any atom is 0.251 e. The Balaban J connectivity index is 1.98. The zero-order chi connectivity index (χ0) is 10.7. The van der Waals surface area contributed by atoms with Gasteiger partial charge in [0.2, 0.25) is 0 Å². The lowest BCUT2D eigenvalue weighted by Crippen LogP contribution is -2.34. The highest BCUT2D eigenvalue weighted by Gasteiger charge is 2.17. The van der Waals surface area contributed by atoms with Crippen LogP contribution in [0.25, 0.3) is 0 Å². The van der Waals surface area contributed by atoms with Gasteiger partial charge in [-0.25, -0.2) is 0 Å². The van der Waals surface area contributed by atoms with Crippen LogP contribution in [-0.4, -0.2) is 23.5 Å². The standard InChI is InChI=1S/C11H13NOS2/c13-11(12-9-5-6-15-7-9)8-1-3-10(14)4-2-8/h1-4,9,14H,5-7H2,(H,12,13). The van der Waals surface area contributed by atoms with Crippen molar-refractivity contribution in [2.45, 2.75) is 17.4 Å². The number of nitrogens with one attached hydrogen (secondary N) is 1. The Morgan fingerprint density at radius 1 is 1.40 bits per heavy atom. The number of hydrogen-bond donors (Lipinski definition) is 2. The van der Waals surface area contributed by atoms with Gasteiger partial charge in [-0.15, -0.1) is 12.6 Å². The lowest BCUT2D eigenvalue weighted by atomic mass is 10.2. The van der Waals surface area contributed by atoms with Gasteiger partial charge in [0.25, 0.3) is 5.91 Å². The summed E-state index contributed by atoms with van der Waals surface area (Å²) < 4.78 is 0. The van der Waals surface area contributed by atoms with E-state index in [-0.39, 0.29) is 5.91 Å². The average molecular weight is 239 g/mol. The predicted octanol–water partition coefficient (Wildman–Crippen LogP) is 2.21. The molecule has 0 saturated carbocycles. The molecule has 2 nitrogen and oxygen atoms in total. The topological polar surface area (TPSA) is 29.1 Å². The zero-order valence-corrected chi connectivity index (χ0v) is 9.98. The Morgan fingerprint density at radius 3 is 2.73 bits per heavy atom. The molecule has 1 aromatic rings. The Hall–Kier alpha value is -0.610. The van der Waals surface area contributed by atoms with Crippen LogP contribution in [0.1, 0.15) is 16.8 Å². The van der Waals surface area contributed by atoms with Crippen molar-refractivity contribution in [1.82, 2.24) is 5.32 Å². The molecular weight excluding hydrogens is 226 g/mol. The first-order chi connectivity index (χ1) is 7.25. The van der Waals surface area contributed by atoms with E-state index >= 15 is 0 Å². The first kappa shape index (κ1) is 10.9. The van der Waals surface area contributed by atoms with Crippen molar-refractivity contribution >= 4 is 30.3 Å². The number of hydrogen-bond acceptors (Lipinski definition) is 3. The van der Waals surface area contributed by atoms with Gasteiger partial charge in [-0.1, -0.05) is 0 Å². The lowest BCUT2D eigenvalue weighted by molar-refractivity contribution is 0.0941. The van der Waals surface area contributed by atoms with Gasteiger partial charge in [0, 0.05) is 22.3 Å². The van der Waals surface area contributed by atoms with Crippen molar-refractivity contribution in [3.05, 3.63) is 29.8 Å². The molecule has 0 aromatic heterocycles. The largest absolute Gasteiger partial charge is 0.348 e. The lowest BCUT2D eigenvalue weighted by Gasteiger charge is -2.10. The molecule has 0 radical (unpaired) electrons. The van der Waals surface area contributed by atoms with Gasteiger partial charge >= 0.3 is 0 Å². The van der Waals surface area contributed by atoms with Crippen LogP contribution in [0, 0.1) is 0 Å². The third-order valence-electron chi connectivity index (χ3n) is 2.39. The molecular formula is C11H13NOS2. The molecule has 1 unspecified atom stereocenters. The van der Waals surface area contributed by atoms with E-state index in [1.807, 2.05) is 23.9 Å². The SMILES string of the molecule is O=C(NC1CCSC1)c1ccc(S)cc1. The number of carbonyl (C=O) groups excluding carboxylic acids is 1. The summed E-state index contributed by atoms with van der Waals surface area (Å²) in [5.41, 5.74) is 0.713. The second-order valence-electron chi connectivity index (χ2n) is 3.58. The van der Waals surface area contributed by atoms with E-state index in [1.165, 1.54) is 0 Å². The first-order valence-corrected chi connectivity index (χ1v) is 6.53. The fourth-order valence-corrected chi connectivity index (χ4v) is 2.83. The number of benzene rings is 1. The predicted molar refractivity (Wildman–Crippen MR) is 66.9 cm³/mol. The number of amides is 1. The minimum absolute atomic E-state index is 0.0239. The molecule has 1 heterocycles. The second-order valence-corrected chi connectivity index (χ2v) is 5.25. The summed E-state index contributed by atoms with van der Waals surface area (Å²) >= 11 is 6.08. The molecule has 1 saturated heterocycles. The molecule has 0 spiro atoms. The van der Waals surface area contributed by atoms with E-state index in [4.69, 9.17) is 0 Å². The van der Waals surface area contributed by atoms with Crippen LogP contribution >= 0.6 is 24.4 Å². The van der Waals surface area contributed by atoms with Gasteiger partial charge in [0.15, 0.2) is 0 Å². The first-order valence-electron chi connectivity index (χ1n) is 4.93. The molecule has 1 aliphatic heterocycles. The summed E-state index contributed by atoms with van der Waals surface area (Å²) in [4.78, 5) is 12.6. The van der Waals surface area contributed by atoms with E-state index in [0.29, 0.717) is 11.6 Å². The van der Waals surface area contributed by atoms with Crippen LogP contribution < -0.4 is 5.32 Å². The fraction of sp³-hybridized carbons (Fsp3) is 0.364. The Bertz CT molecular complexity index is 344. The highest BCUT2D eigenvalue weighted by Crippen LogP contribution is 2.17. The van der Waals surface area contributed by atoms with E-state index in [0.717, 1.165) is 22.8 Å².